The molecule has 0 aromatic carbocycles. The number of carbonyl (C=O) groups excluding carboxylic acids is 1. The molecule has 4 unspecified atom stereocenters. The van der Waals surface area contributed by atoms with Crippen LogP contribution < -0.4 is 10.6 Å². The molecule has 0 bridgehead atoms. The maximum Gasteiger partial charge on any atom is 0.391 e. The number of methoxy groups -OCH3 is 1. The molecular formula is C13H21F3N2O2. The Morgan fingerprint density at radius 2 is 2.05 bits per heavy atom. The Morgan fingerprint density at radius 1 is 1.30 bits per heavy atom. The van der Waals surface area contributed by atoms with Crippen molar-refractivity contribution >= 4 is 5.91 Å². The van der Waals surface area contributed by atoms with Gasteiger partial charge in [-0.1, -0.05) is 6.42 Å². The SMILES string of the molecule is COC1CNC(C(=O)NC2CCCC(C(F)(F)F)C2)C1. The molecule has 7 heteroatoms. The van der Waals surface area contributed by atoms with Crippen LogP contribution in [0.15, 0.2) is 0 Å². The monoisotopic (exact) mass is 294 g/mol. The van der Waals surface area contributed by atoms with Crippen LogP contribution in [0.25, 0.3) is 0 Å². The summed E-state index contributed by atoms with van der Waals surface area (Å²) in [4.78, 5) is 12.0. The maximum absolute atomic E-state index is 12.7. The minimum absolute atomic E-state index is 0.0000273. The van der Waals surface area contributed by atoms with Crippen LogP contribution in [-0.2, 0) is 9.53 Å². The van der Waals surface area contributed by atoms with Crippen molar-refractivity contribution < 1.29 is 22.7 Å². The van der Waals surface area contributed by atoms with E-state index in [0.717, 1.165) is 0 Å². The Labute approximate surface area is 116 Å². The van der Waals surface area contributed by atoms with Gasteiger partial charge >= 0.3 is 6.18 Å². The quantitative estimate of drug-likeness (QED) is 0.831. The van der Waals surface area contributed by atoms with E-state index >= 15 is 0 Å². The highest BCUT2D eigenvalue weighted by Gasteiger charge is 2.42. The number of amides is 1. The molecule has 4 nitrogen and oxygen atoms in total. The topological polar surface area (TPSA) is 50.4 Å². The van der Waals surface area contributed by atoms with Gasteiger partial charge in [-0.15, -0.1) is 0 Å². The number of hydrogen-bond acceptors (Lipinski definition) is 3. The van der Waals surface area contributed by atoms with Crippen LogP contribution in [-0.4, -0.2) is 43.9 Å². The third kappa shape index (κ3) is 3.85. The summed E-state index contributed by atoms with van der Waals surface area (Å²) in [6, 6.07) is -0.725. The lowest BCUT2D eigenvalue weighted by atomic mass is 9.85. The van der Waals surface area contributed by atoms with Crippen molar-refractivity contribution in [1.29, 1.82) is 0 Å². The molecule has 2 fully saturated rings. The van der Waals surface area contributed by atoms with E-state index in [9.17, 15) is 18.0 Å². The number of hydrogen-bond donors (Lipinski definition) is 2. The first kappa shape index (κ1) is 15.6. The van der Waals surface area contributed by atoms with Crippen LogP contribution in [0.1, 0.15) is 32.1 Å². The van der Waals surface area contributed by atoms with Gasteiger partial charge < -0.3 is 15.4 Å². The maximum atomic E-state index is 12.7. The molecule has 1 aliphatic carbocycles. The van der Waals surface area contributed by atoms with E-state index in [4.69, 9.17) is 4.74 Å². The Hall–Kier alpha value is -0.820. The van der Waals surface area contributed by atoms with Gasteiger partial charge in [0.1, 0.15) is 0 Å². The van der Waals surface area contributed by atoms with Gasteiger partial charge in [-0.05, 0) is 25.7 Å². The third-order valence-corrected chi connectivity index (χ3v) is 4.22. The van der Waals surface area contributed by atoms with Crippen LogP contribution in [0.2, 0.25) is 0 Å². The fourth-order valence-electron chi connectivity index (χ4n) is 3.00. The second kappa shape index (κ2) is 6.30. The first-order valence-corrected chi connectivity index (χ1v) is 7.03. The Kier molecular flexibility index (Phi) is 4.90. The summed E-state index contributed by atoms with van der Waals surface area (Å²) in [5.41, 5.74) is 0. The number of halogens is 3. The first-order valence-electron chi connectivity index (χ1n) is 7.03. The summed E-state index contributed by atoms with van der Waals surface area (Å²) in [5, 5.41) is 5.78. The number of ether oxygens (including phenoxy) is 1. The summed E-state index contributed by atoms with van der Waals surface area (Å²) in [5.74, 6) is -1.50. The third-order valence-electron chi connectivity index (χ3n) is 4.22. The van der Waals surface area contributed by atoms with Crippen molar-refractivity contribution in [2.75, 3.05) is 13.7 Å². The second-order valence-electron chi connectivity index (χ2n) is 5.66. The fraction of sp³-hybridized carbons (Fsp3) is 0.923. The van der Waals surface area contributed by atoms with Crippen molar-refractivity contribution in [1.82, 2.24) is 10.6 Å². The zero-order chi connectivity index (χ0) is 14.8. The van der Waals surface area contributed by atoms with Crippen molar-refractivity contribution in [2.24, 2.45) is 5.92 Å². The largest absolute Gasteiger partial charge is 0.391 e. The smallest absolute Gasteiger partial charge is 0.380 e. The first-order chi connectivity index (χ1) is 9.40. The van der Waals surface area contributed by atoms with E-state index in [1.165, 1.54) is 0 Å². The molecule has 0 aromatic heterocycles. The molecule has 0 spiro atoms. The van der Waals surface area contributed by atoms with E-state index in [-0.39, 0.29) is 36.9 Å². The lowest BCUT2D eigenvalue weighted by Gasteiger charge is -2.31. The Morgan fingerprint density at radius 3 is 2.65 bits per heavy atom. The van der Waals surface area contributed by atoms with Crippen LogP contribution in [0, 0.1) is 5.92 Å². The number of nitrogens with one attached hydrogen (secondary N) is 2. The van der Waals surface area contributed by atoms with Gasteiger partial charge in [0.05, 0.1) is 18.1 Å². The van der Waals surface area contributed by atoms with Crippen LogP contribution in [0.3, 0.4) is 0 Å². The molecule has 1 saturated carbocycles. The second-order valence-corrected chi connectivity index (χ2v) is 5.66. The highest BCUT2D eigenvalue weighted by Crippen LogP contribution is 2.37. The molecule has 2 N–H and O–H groups in total. The van der Waals surface area contributed by atoms with E-state index in [1.54, 1.807) is 7.11 Å². The van der Waals surface area contributed by atoms with Crippen LogP contribution in [0.4, 0.5) is 13.2 Å². The minimum Gasteiger partial charge on any atom is -0.380 e. The fourth-order valence-corrected chi connectivity index (χ4v) is 3.00. The summed E-state index contributed by atoms with van der Waals surface area (Å²) in [7, 11) is 1.59. The van der Waals surface area contributed by atoms with Gasteiger partial charge in [-0.2, -0.15) is 13.2 Å². The lowest BCUT2D eigenvalue weighted by molar-refractivity contribution is -0.184. The van der Waals surface area contributed by atoms with Gasteiger partial charge in [0.25, 0.3) is 0 Å². The summed E-state index contributed by atoms with van der Waals surface area (Å²) >= 11 is 0. The number of alkyl halides is 3. The van der Waals surface area contributed by atoms with Crippen molar-refractivity contribution in [3.05, 3.63) is 0 Å². The lowest BCUT2D eigenvalue weighted by Crippen LogP contribution is -2.47. The number of carbonyl (C=O) groups is 1. The number of rotatable bonds is 3. The van der Waals surface area contributed by atoms with Gasteiger partial charge in [-0.25, -0.2) is 0 Å². The molecule has 0 radical (unpaired) electrons. The predicted molar refractivity (Wildman–Crippen MR) is 67.1 cm³/mol. The molecule has 2 rings (SSSR count). The molecule has 20 heavy (non-hydrogen) atoms. The Bertz CT molecular complexity index is 349. The minimum atomic E-state index is -4.16. The summed E-state index contributed by atoms with van der Waals surface area (Å²) < 4.78 is 43.3. The van der Waals surface area contributed by atoms with E-state index in [0.29, 0.717) is 25.8 Å². The Balaban J connectivity index is 1.82. The molecule has 1 heterocycles. The molecule has 116 valence electrons. The molecule has 4 atom stereocenters. The van der Waals surface area contributed by atoms with Crippen LogP contribution >= 0.6 is 0 Å². The molecule has 0 aromatic rings. The average molecular weight is 294 g/mol. The van der Waals surface area contributed by atoms with E-state index < -0.39 is 12.1 Å². The molecule has 1 aliphatic heterocycles. The normalized spacial score (nSPS) is 35.0. The van der Waals surface area contributed by atoms with Crippen molar-refractivity contribution in [3.63, 3.8) is 0 Å². The van der Waals surface area contributed by atoms with Gasteiger partial charge in [0, 0.05) is 19.7 Å². The van der Waals surface area contributed by atoms with Gasteiger partial charge in [0.15, 0.2) is 0 Å². The summed E-state index contributed by atoms with van der Waals surface area (Å²) in [6.07, 6.45) is -2.29. The molecular weight excluding hydrogens is 273 g/mol. The summed E-state index contributed by atoms with van der Waals surface area (Å²) in [6.45, 7) is 0.602. The zero-order valence-corrected chi connectivity index (χ0v) is 11.5. The molecule has 1 amide bonds. The van der Waals surface area contributed by atoms with Crippen molar-refractivity contribution in [2.45, 2.75) is 56.5 Å². The molecule has 2 aliphatic rings. The predicted octanol–water partition coefficient (Wildman–Crippen LogP) is 1.60. The van der Waals surface area contributed by atoms with E-state index in [1.807, 2.05) is 0 Å². The van der Waals surface area contributed by atoms with Gasteiger partial charge in [0.2, 0.25) is 5.91 Å². The van der Waals surface area contributed by atoms with Crippen molar-refractivity contribution in [3.8, 4) is 0 Å². The van der Waals surface area contributed by atoms with E-state index in [2.05, 4.69) is 10.6 Å². The highest BCUT2D eigenvalue weighted by atomic mass is 19.4. The standard InChI is InChI=1S/C13H21F3N2O2/c1-20-10-6-11(17-7-10)12(19)18-9-4-2-3-8(5-9)13(14,15)16/h8-11,17H,2-7H2,1H3,(H,18,19). The highest BCUT2D eigenvalue weighted by molar-refractivity contribution is 5.82. The molecule has 1 saturated heterocycles. The zero-order valence-electron chi connectivity index (χ0n) is 11.5. The van der Waals surface area contributed by atoms with Crippen LogP contribution in [0.5, 0.6) is 0 Å². The average Bonchev–Trinajstić information content (AvgIpc) is 2.87. The van der Waals surface area contributed by atoms with Gasteiger partial charge in [-0.3, -0.25) is 4.79 Å².